The van der Waals surface area contributed by atoms with Gasteiger partial charge in [-0.3, -0.25) is 24.3 Å². The van der Waals surface area contributed by atoms with Crippen LogP contribution in [0.1, 0.15) is 20.8 Å². The fourth-order valence-electron chi connectivity index (χ4n) is 3.82. The molecule has 45 heavy (non-hydrogen) atoms. The molecule has 0 aliphatic carbocycles. The maximum absolute atomic E-state index is 12.3. The SMILES string of the molecule is C=C/C(=C(\C=C/C)/C=C/C(/C=C\C)=C(/C=C/N=CN=C(NC(N)=NCC(C)O)N1CCN(CCO)CC1)S(=O)(=O)O)S(=O)(=O)O. The summed E-state index contributed by atoms with van der Waals surface area (Å²) in [6.07, 6.45) is 11.7. The molecule has 1 unspecified atom stereocenters. The van der Waals surface area contributed by atoms with Crippen LogP contribution in [0.4, 0.5) is 0 Å². The number of aliphatic imine (C=N–C) groups is 3. The highest BCUT2D eigenvalue weighted by molar-refractivity contribution is 7.90. The number of rotatable bonds is 14. The number of nitrogens with two attached hydrogens (primary N) is 1. The summed E-state index contributed by atoms with van der Waals surface area (Å²) in [6.45, 7) is 11.2. The molecule has 0 spiro atoms. The first-order chi connectivity index (χ1) is 21.2. The van der Waals surface area contributed by atoms with Gasteiger partial charge in [0.25, 0.3) is 20.2 Å². The van der Waals surface area contributed by atoms with E-state index in [0.29, 0.717) is 38.7 Å². The highest BCUT2D eigenvalue weighted by Gasteiger charge is 2.20. The molecule has 0 aromatic rings. The highest BCUT2D eigenvalue weighted by Crippen LogP contribution is 2.20. The Morgan fingerprint density at radius 1 is 0.956 bits per heavy atom. The quantitative estimate of drug-likeness (QED) is 0.0657. The van der Waals surface area contributed by atoms with Crippen molar-refractivity contribution in [3.05, 3.63) is 82.3 Å². The highest BCUT2D eigenvalue weighted by atomic mass is 32.2. The second-order valence-electron chi connectivity index (χ2n) is 9.41. The second-order valence-corrected chi connectivity index (χ2v) is 12.2. The van der Waals surface area contributed by atoms with Crippen LogP contribution < -0.4 is 11.1 Å². The van der Waals surface area contributed by atoms with E-state index in [1.54, 1.807) is 20.8 Å². The Morgan fingerprint density at radius 2 is 1.51 bits per heavy atom. The maximum Gasteiger partial charge on any atom is 0.295 e. The minimum atomic E-state index is -4.80. The Hall–Kier alpha value is -3.71. The first-order valence-electron chi connectivity index (χ1n) is 13.8. The summed E-state index contributed by atoms with van der Waals surface area (Å²) in [6, 6.07) is 0. The zero-order valence-corrected chi connectivity index (χ0v) is 27.2. The first-order valence-corrected chi connectivity index (χ1v) is 16.6. The third-order valence-electron chi connectivity index (χ3n) is 5.86. The number of allylic oxidation sites excluding steroid dienone is 10. The third-order valence-corrected chi connectivity index (χ3v) is 7.74. The van der Waals surface area contributed by atoms with Crippen LogP contribution in [0, 0.1) is 0 Å². The minimum Gasteiger partial charge on any atom is -0.395 e. The third kappa shape index (κ3) is 14.7. The average molecular weight is 670 g/mol. The van der Waals surface area contributed by atoms with Crippen LogP contribution in [0.15, 0.2) is 97.3 Å². The van der Waals surface area contributed by atoms with E-state index in [4.69, 9.17) is 5.73 Å². The molecule has 7 N–H and O–H groups in total. The van der Waals surface area contributed by atoms with Gasteiger partial charge in [0.1, 0.15) is 16.1 Å². The van der Waals surface area contributed by atoms with Crippen LogP contribution in [0.2, 0.25) is 0 Å². The van der Waals surface area contributed by atoms with Crippen LogP contribution in [0.5, 0.6) is 0 Å². The lowest BCUT2D eigenvalue weighted by atomic mass is 10.1. The smallest absolute Gasteiger partial charge is 0.295 e. The van der Waals surface area contributed by atoms with Crippen molar-refractivity contribution >= 4 is 38.5 Å². The largest absolute Gasteiger partial charge is 0.395 e. The first kappa shape index (κ1) is 39.3. The molecule has 0 amide bonds. The number of aliphatic hydroxyl groups excluding tert-OH is 2. The summed E-state index contributed by atoms with van der Waals surface area (Å²) in [7, 11) is -9.43. The lowest BCUT2D eigenvalue weighted by molar-refractivity contribution is 0.146. The van der Waals surface area contributed by atoms with Crippen LogP contribution >= 0.6 is 0 Å². The molecule has 17 heteroatoms. The summed E-state index contributed by atoms with van der Waals surface area (Å²) in [5, 5.41) is 21.6. The number of nitrogens with one attached hydrogen (secondary N) is 1. The van der Waals surface area contributed by atoms with Crippen molar-refractivity contribution in [3.63, 3.8) is 0 Å². The zero-order valence-electron chi connectivity index (χ0n) is 25.6. The summed E-state index contributed by atoms with van der Waals surface area (Å²) in [4.78, 5) is 15.2. The molecule has 0 bridgehead atoms. The number of piperazine rings is 1. The molecule has 250 valence electrons. The van der Waals surface area contributed by atoms with Gasteiger partial charge in [0, 0.05) is 38.9 Å². The van der Waals surface area contributed by atoms with Gasteiger partial charge < -0.3 is 20.8 Å². The Bertz CT molecular complexity index is 1500. The molecule has 1 rings (SSSR count). The summed E-state index contributed by atoms with van der Waals surface area (Å²) < 4.78 is 67.6. The molecular formula is C28H43N7O8S2. The topological polar surface area (TPSA) is 231 Å². The van der Waals surface area contributed by atoms with E-state index in [-0.39, 0.29) is 30.3 Å². The normalized spacial score (nSPS) is 18.4. The molecule has 0 radical (unpaired) electrons. The number of nitrogens with zero attached hydrogens (tertiary/aromatic N) is 5. The van der Waals surface area contributed by atoms with Gasteiger partial charge in [0.2, 0.25) is 5.96 Å². The maximum atomic E-state index is 12.3. The molecular weight excluding hydrogens is 626 g/mol. The van der Waals surface area contributed by atoms with Crippen LogP contribution in [0.3, 0.4) is 0 Å². The van der Waals surface area contributed by atoms with E-state index in [0.717, 1.165) is 24.7 Å². The van der Waals surface area contributed by atoms with E-state index in [1.165, 1.54) is 36.5 Å². The lowest BCUT2D eigenvalue weighted by Crippen LogP contribution is -2.55. The van der Waals surface area contributed by atoms with Gasteiger partial charge >= 0.3 is 0 Å². The van der Waals surface area contributed by atoms with Crippen molar-refractivity contribution in [2.75, 3.05) is 45.9 Å². The average Bonchev–Trinajstić information content (AvgIpc) is 2.95. The second kappa shape index (κ2) is 19.6. The molecule has 1 heterocycles. The van der Waals surface area contributed by atoms with E-state index in [1.807, 2.05) is 4.90 Å². The van der Waals surface area contributed by atoms with Crippen LogP contribution in [-0.4, -0.2) is 116 Å². The minimum absolute atomic E-state index is 0.00991. The van der Waals surface area contributed by atoms with Crippen molar-refractivity contribution in [1.82, 2.24) is 15.1 Å². The van der Waals surface area contributed by atoms with Crippen molar-refractivity contribution in [2.45, 2.75) is 26.9 Å². The number of hydrogen-bond acceptors (Lipinski definition) is 9. The molecule has 0 aromatic carbocycles. The standard InChI is InChI=1S/C28H43N7O8S2/c1-5-8-23(25(7-3)44(38,39)40)10-11-24(9-6-2)26(45(41,42)43)12-13-30-21-32-28(33-27(29)31-20-22(4)37)35-16-14-34(15-17-35)18-19-36/h5-13,21-22,36-37H,3,14-20H2,1-2,4H3,(H,38,39,40)(H,41,42,43)(H3,29,30,31,32,33)/b8-5-,9-6-,11-10+,13-12+,25-23-,26-24-. The fraction of sp³-hybridized carbons (Fsp3) is 0.393. The van der Waals surface area contributed by atoms with Crippen LogP contribution in [-0.2, 0) is 20.2 Å². The number of β-amino-alcohol motifs (C(OH)–C–C–N with tert-alkyl or cyclic N) is 1. The number of guanidine groups is 2. The zero-order chi connectivity index (χ0) is 34.0. The van der Waals surface area contributed by atoms with Crippen molar-refractivity contribution < 1.29 is 36.2 Å². The van der Waals surface area contributed by atoms with E-state index < -0.39 is 36.2 Å². The molecule has 1 atom stereocenters. The molecule has 1 aliphatic rings. The number of hydrogen-bond donors (Lipinski definition) is 6. The monoisotopic (exact) mass is 669 g/mol. The Labute approximate surface area is 265 Å². The summed E-state index contributed by atoms with van der Waals surface area (Å²) in [5.74, 6) is 0.307. The molecule has 1 fully saturated rings. The van der Waals surface area contributed by atoms with Crippen LogP contribution in [0.25, 0.3) is 0 Å². The molecule has 15 nitrogen and oxygen atoms in total. The summed E-state index contributed by atoms with van der Waals surface area (Å²) >= 11 is 0. The predicted molar refractivity (Wildman–Crippen MR) is 178 cm³/mol. The van der Waals surface area contributed by atoms with Crippen molar-refractivity contribution in [2.24, 2.45) is 20.7 Å². The molecule has 1 aliphatic heterocycles. The Morgan fingerprint density at radius 3 is 1.98 bits per heavy atom. The molecule has 1 saturated heterocycles. The fourth-order valence-corrected chi connectivity index (χ4v) is 5.13. The summed E-state index contributed by atoms with van der Waals surface area (Å²) in [5.41, 5.74) is 5.93. The molecule has 0 saturated carbocycles. The lowest BCUT2D eigenvalue weighted by Gasteiger charge is -2.35. The van der Waals surface area contributed by atoms with E-state index in [9.17, 15) is 36.2 Å². The van der Waals surface area contributed by atoms with Gasteiger partial charge in [-0.2, -0.15) is 16.8 Å². The van der Waals surface area contributed by atoms with Crippen molar-refractivity contribution in [1.29, 1.82) is 0 Å². The van der Waals surface area contributed by atoms with Crippen molar-refractivity contribution in [3.8, 4) is 0 Å². The van der Waals surface area contributed by atoms with E-state index in [2.05, 4.69) is 31.8 Å². The van der Waals surface area contributed by atoms with Gasteiger partial charge in [-0.05, 0) is 44.1 Å². The Kier molecular flexibility index (Phi) is 17.1. The number of aliphatic hydroxyl groups is 2. The van der Waals surface area contributed by atoms with Gasteiger partial charge in [-0.25, -0.2) is 9.98 Å². The van der Waals surface area contributed by atoms with Gasteiger partial charge in [-0.1, -0.05) is 43.0 Å². The predicted octanol–water partition coefficient (Wildman–Crippen LogP) is 0.958. The molecule has 0 aromatic heterocycles. The van der Waals surface area contributed by atoms with Gasteiger partial charge in [-0.15, -0.1) is 0 Å². The van der Waals surface area contributed by atoms with E-state index >= 15 is 0 Å². The van der Waals surface area contributed by atoms with Gasteiger partial charge in [0.15, 0.2) is 5.96 Å². The Balaban J connectivity index is 3.50. The van der Waals surface area contributed by atoms with Gasteiger partial charge in [0.05, 0.1) is 19.3 Å².